The number of hydrogen-bond donors (Lipinski definition) is 2. The summed E-state index contributed by atoms with van der Waals surface area (Å²) in [6.07, 6.45) is 0.834. The number of amides is 2. The van der Waals surface area contributed by atoms with Crippen LogP contribution in [-0.2, 0) is 9.59 Å². The fraction of sp³-hybridized carbons (Fsp3) is 0.778. The topological polar surface area (TPSA) is 72.2 Å². The van der Waals surface area contributed by atoms with Gasteiger partial charge in [0.25, 0.3) is 0 Å². The van der Waals surface area contributed by atoms with E-state index in [0.29, 0.717) is 12.3 Å². The highest BCUT2D eigenvalue weighted by molar-refractivity contribution is 5.84. The molecule has 0 bridgehead atoms. The molecule has 0 saturated heterocycles. The van der Waals surface area contributed by atoms with Gasteiger partial charge in [-0.25, -0.2) is 0 Å². The summed E-state index contributed by atoms with van der Waals surface area (Å²) in [6, 6.07) is 0. The lowest BCUT2D eigenvalue weighted by Crippen LogP contribution is -2.31. The van der Waals surface area contributed by atoms with Crippen LogP contribution in [0.5, 0.6) is 0 Å². The molecule has 3 N–H and O–H groups in total. The van der Waals surface area contributed by atoms with E-state index in [1.54, 1.807) is 7.05 Å². The Balaban J connectivity index is 4.18. The first-order chi connectivity index (χ1) is 5.97. The molecule has 1 unspecified atom stereocenters. The molecule has 2 amide bonds. The van der Waals surface area contributed by atoms with Crippen molar-refractivity contribution in [2.45, 2.75) is 26.7 Å². The molecule has 0 radical (unpaired) electrons. The van der Waals surface area contributed by atoms with Crippen LogP contribution in [-0.4, -0.2) is 18.9 Å². The SMILES string of the molecule is CNC(=O)C(CC(N)=O)CC(C)C. The van der Waals surface area contributed by atoms with Crippen molar-refractivity contribution in [2.24, 2.45) is 17.6 Å². The molecule has 0 aliphatic heterocycles. The van der Waals surface area contributed by atoms with Crippen molar-refractivity contribution in [1.82, 2.24) is 5.32 Å². The molecule has 0 saturated carbocycles. The third-order valence-electron chi connectivity index (χ3n) is 1.82. The smallest absolute Gasteiger partial charge is 0.223 e. The summed E-state index contributed by atoms with van der Waals surface area (Å²) in [5.41, 5.74) is 5.04. The largest absolute Gasteiger partial charge is 0.370 e. The third-order valence-corrected chi connectivity index (χ3v) is 1.82. The van der Waals surface area contributed by atoms with Crippen LogP contribution in [0.25, 0.3) is 0 Å². The lowest BCUT2D eigenvalue weighted by atomic mass is 9.93. The van der Waals surface area contributed by atoms with Gasteiger partial charge >= 0.3 is 0 Å². The Bertz CT molecular complexity index is 190. The van der Waals surface area contributed by atoms with E-state index in [-0.39, 0.29) is 18.2 Å². The fourth-order valence-electron chi connectivity index (χ4n) is 1.30. The first-order valence-electron chi connectivity index (χ1n) is 4.47. The van der Waals surface area contributed by atoms with Gasteiger partial charge < -0.3 is 11.1 Å². The second-order valence-corrected chi connectivity index (χ2v) is 3.61. The van der Waals surface area contributed by atoms with Crippen LogP contribution in [0.3, 0.4) is 0 Å². The van der Waals surface area contributed by atoms with Crippen LogP contribution < -0.4 is 11.1 Å². The highest BCUT2D eigenvalue weighted by Crippen LogP contribution is 2.15. The lowest BCUT2D eigenvalue weighted by Gasteiger charge is -2.15. The minimum atomic E-state index is -0.422. The Kier molecular flexibility index (Phi) is 5.11. The van der Waals surface area contributed by atoms with Crippen LogP contribution in [0.1, 0.15) is 26.7 Å². The van der Waals surface area contributed by atoms with Gasteiger partial charge in [0.15, 0.2) is 0 Å². The van der Waals surface area contributed by atoms with Gasteiger partial charge in [0, 0.05) is 19.4 Å². The van der Waals surface area contributed by atoms with E-state index >= 15 is 0 Å². The third kappa shape index (κ3) is 5.22. The van der Waals surface area contributed by atoms with E-state index in [1.807, 2.05) is 13.8 Å². The van der Waals surface area contributed by atoms with E-state index in [9.17, 15) is 9.59 Å². The maximum Gasteiger partial charge on any atom is 0.223 e. The average molecular weight is 186 g/mol. The molecule has 0 rings (SSSR count). The van der Waals surface area contributed by atoms with Crippen LogP contribution in [0.4, 0.5) is 0 Å². The maximum atomic E-state index is 11.3. The number of rotatable bonds is 5. The normalized spacial score (nSPS) is 12.6. The second kappa shape index (κ2) is 5.56. The molecule has 76 valence electrons. The highest BCUT2D eigenvalue weighted by Gasteiger charge is 2.20. The molecule has 4 heteroatoms. The van der Waals surface area contributed by atoms with Crippen molar-refractivity contribution in [3.8, 4) is 0 Å². The van der Waals surface area contributed by atoms with Gasteiger partial charge in [0.05, 0.1) is 0 Å². The molecular formula is C9H18N2O2. The van der Waals surface area contributed by atoms with Gasteiger partial charge in [-0.15, -0.1) is 0 Å². The molecule has 0 spiro atoms. The van der Waals surface area contributed by atoms with Crippen molar-refractivity contribution in [2.75, 3.05) is 7.05 Å². The summed E-state index contributed by atoms with van der Waals surface area (Å²) in [5, 5.41) is 2.53. The molecule has 1 atom stereocenters. The molecule has 0 aliphatic rings. The zero-order chi connectivity index (χ0) is 10.4. The molecule has 0 aromatic heterocycles. The summed E-state index contributed by atoms with van der Waals surface area (Å²) in [5.74, 6) is -0.411. The Hall–Kier alpha value is -1.06. The number of carbonyl (C=O) groups excluding carboxylic acids is 2. The van der Waals surface area contributed by atoms with E-state index in [4.69, 9.17) is 5.73 Å². The van der Waals surface area contributed by atoms with Crippen molar-refractivity contribution in [3.63, 3.8) is 0 Å². The molecule has 0 heterocycles. The van der Waals surface area contributed by atoms with Crippen LogP contribution in [0.2, 0.25) is 0 Å². The van der Waals surface area contributed by atoms with Crippen LogP contribution in [0.15, 0.2) is 0 Å². The molecule has 4 nitrogen and oxygen atoms in total. The molecule has 13 heavy (non-hydrogen) atoms. The summed E-state index contributed by atoms with van der Waals surface area (Å²) in [6.45, 7) is 4.02. The van der Waals surface area contributed by atoms with E-state index < -0.39 is 5.91 Å². The number of nitrogens with one attached hydrogen (secondary N) is 1. The standard InChI is InChI=1S/C9H18N2O2/c1-6(2)4-7(5-8(10)12)9(13)11-3/h6-7H,4-5H2,1-3H3,(H2,10,12)(H,11,13). The van der Waals surface area contributed by atoms with Gasteiger partial charge in [0.1, 0.15) is 0 Å². The maximum absolute atomic E-state index is 11.3. The van der Waals surface area contributed by atoms with Crippen molar-refractivity contribution in [1.29, 1.82) is 0 Å². The predicted octanol–water partition coefficient (Wildman–Crippen LogP) is 0.270. The molecule has 0 aromatic rings. The minimum absolute atomic E-state index is 0.104. The van der Waals surface area contributed by atoms with Gasteiger partial charge in [-0.2, -0.15) is 0 Å². The molecule has 0 fully saturated rings. The quantitative estimate of drug-likeness (QED) is 0.647. The Morgan fingerprint density at radius 3 is 2.23 bits per heavy atom. The van der Waals surface area contributed by atoms with Gasteiger partial charge in [0.2, 0.25) is 11.8 Å². The molecular weight excluding hydrogens is 168 g/mol. The minimum Gasteiger partial charge on any atom is -0.370 e. The van der Waals surface area contributed by atoms with Crippen LogP contribution in [0, 0.1) is 11.8 Å². The van der Waals surface area contributed by atoms with Crippen molar-refractivity contribution >= 4 is 11.8 Å². The average Bonchev–Trinajstić information content (AvgIpc) is 2.00. The monoisotopic (exact) mass is 186 g/mol. The predicted molar refractivity (Wildman–Crippen MR) is 50.8 cm³/mol. The second-order valence-electron chi connectivity index (χ2n) is 3.61. The summed E-state index contributed by atoms with van der Waals surface area (Å²) in [7, 11) is 1.57. The fourth-order valence-corrected chi connectivity index (χ4v) is 1.30. The van der Waals surface area contributed by atoms with Crippen molar-refractivity contribution < 1.29 is 9.59 Å². The zero-order valence-electron chi connectivity index (χ0n) is 8.46. The number of hydrogen-bond acceptors (Lipinski definition) is 2. The lowest BCUT2D eigenvalue weighted by molar-refractivity contribution is -0.129. The van der Waals surface area contributed by atoms with Crippen molar-refractivity contribution in [3.05, 3.63) is 0 Å². The highest BCUT2D eigenvalue weighted by atomic mass is 16.2. The van der Waals surface area contributed by atoms with Gasteiger partial charge in [-0.3, -0.25) is 9.59 Å². The van der Waals surface area contributed by atoms with Gasteiger partial charge in [-0.05, 0) is 12.3 Å². The summed E-state index contributed by atoms with van der Waals surface area (Å²) < 4.78 is 0. The number of primary amides is 1. The Morgan fingerprint density at radius 2 is 1.92 bits per heavy atom. The number of carbonyl (C=O) groups is 2. The van der Waals surface area contributed by atoms with Gasteiger partial charge in [-0.1, -0.05) is 13.8 Å². The van der Waals surface area contributed by atoms with E-state index in [2.05, 4.69) is 5.32 Å². The summed E-state index contributed by atoms with van der Waals surface area (Å²) >= 11 is 0. The zero-order valence-corrected chi connectivity index (χ0v) is 8.46. The number of nitrogens with two attached hydrogens (primary N) is 1. The Morgan fingerprint density at radius 1 is 1.38 bits per heavy atom. The first-order valence-corrected chi connectivity index (χ1v) is 4.47. The Labute approximate surface area is 78.9 Å². The summed E-state index contributed by atoms with van der Waals surface area (Å²) in [4.78, 5) is 21.9. The van der Waals surface area contributed by atoms with Crippen LogP contribution >= 0.6 is 0 Å². The first kappa shape index (κ1) is 11.9. The molecule has 0 aliphatic carbocycles. The molecule has 0 aromatic carbocycles. The van der Waals surface area contributed by atoms with E-state index in [1.165, 1.54) is 0 Å². The van der Waals surface area contributed by atoms with E-state index in [0.717, 1.165) is 0 Å².